The number of benzene rings is 2. The second kappa shape index (κ2) is 7.36. The number of fused-ring (bicyclic) bond motifs is 1. The number of thiazole rings is 1. The van der Waals surface area contributed by atoms with E-state index in [-0.39, 0.29) is 5.82 Å². The van der Waals surface area contributed by atoms with Crippen LogP contribution in [0.25, 0.3) is 21.0 Å². The van der Waals surface area contributed by atoms with E-state index < -0.39 is 6.10 Å². The first-order valence-corrected chi connectivity index (χ1v) is 9.91. The Hall–Kier alpha value is -3.56. The number of aromatic nitrogens is 5. The molecule has 0 aliphatic heterocycles. The summed E-state index contributed by atoms with van der Waals surface area (Å²) in [5.41, 5.74) is 2.60. The van der Waals surface area contributed by atoms with Crippen molar-refractivity contribution in [1.82, 2.24) is 24.4 Å². The van der Waals surface area contributed by atoms with Crippen LogP contribution in [0, 0.1) is 5.82 Å². The van der Waals surface area contributed by atoms with E-state index in [1.807, 2.05) is 28.7 Å². The second-order valence-electron chi connectivity index (χ2n) is 6.61. The number of aliphatic hydroxyl groups excluding tert-OH is 1. The molecule has 0 saturated carbocycles. The minimum absolute atomic E-state index is 0.312. The topological polar surface area (TPSA) is 77.5 Å². The van der Waals surface area contributed by atoms with Crippen LogP contribution in [0.5, 0.6) is 5.75 Å². The average molecular weight is 421 g/mol. The van der Waals surface area contributed by atoms with Gasteiger partial charge in [0, 0.05) is 0 Å². The van der Waals surface area contributed by atoms with Gasteiger partial charge in [-0.15, -0.1) is 16.4 Å². The summed E-state index contributed by atoms with van der Waals surface area (Å²) in [5, 5.41) is 19.5. The van der Waals surface area contributed by atoms with Gasteiger partial charge < -0.3 is 9.84 Å². The molecule has 30 heavy (non-hydrogen) atoms. The fraction of sp³-hybridized carbons (Fsp3) is 0.0952. The molecule has 1 atom stereocenters. The summed E-state index contributed by atoms with van der Waals surface area (Å²) in [7, 11) is 1.61. The molecule has 0 spiro atoms. The Morgan fingerprint density at radius 1 is 1.10 bits per heavy atom. The van der Waals surface area contributed by atoms with Crippen molar-refractivity contribution in [3.63, 3.8) is 0 Å². The molecule has 1 N–H and O–H groups in total. The van der Waals surface area contributed by atoms with E-state index >= 15 is 0 Å². The molecule has 0 aliphatic rings. The monoisotopic (exact) mass is 421 g/mol. The Morgan fingerprint density at radius 2 is 1.87 bits per heavy atom. The zero-order chi connectivity index (χ0) is 20.7. The minimum Gasteiger partial charge on any atom is -0.497 e. The summed E-state index contributed by atoms with van der Waals surface area (Å²) >= 11 is 1.47. The van der Waals surface area contributed by atoms with E-state index in [9.17, 15) is 9.50 Å². The Kier molecular flexibility index (Phi) is 4.53. The van der Waals surface area contributed by atoms with Crippen LogP contribution in [-0.4, -0.2) is 36.6 Å². The number of hydrogen-bond donors (Lipinski definition) is 1. The summed E-state index contributed by atoms with van der Waals surface area (Å²) in [6, 6.07) is 13.5. The molecule has 9 heteroatoms. The number of rotatable bonds is 5. The van der Waals surface area contributed by atoms with Gasteiger partial charge in [0.05, 0.1) is 35.8 Å². The maximum Gasteiger partial charge on any atom is 0.141 e. The molecular formula is C21H16FN5O2S. The standard InChI is InChI=1S/C21H16FN5O2S/c1-29-16-8-6-15(7-9-16)27-11-17(24-25-27)20(28)19-21(13-2-4-14(22)5-3-13)30-18-10-23-12-26(18)19/h2-12,20,28H,1H3. The third-order valence-electron chi connectivity index (χ3n) is 4.80. The van der Waals surface area contributed by atoms with Gasteiger partial charge in [-0.25, -0.2) is 14.1 Å². The average Bonchev–Trinajstić information content (AvgIpc) is 3.50. The molecule has 0 fully saturated rings. The molecule has 1 unspecified atom stereocenters. The summed E-state index contributed by atoms with van der Waals surface area (Å²) in [5.74, 6) is 0.428. The SMILES string of the molecule is COc1ccc(-n2cc(C(O)c3c(-c4ccc(F)cc4)sc4cncn34)nn2)cc1. The maximum atomic E-state index is 13.4. The van der Waals surface area contributed by atoms with E-state index in [0.29, 0.717) is 11.4 Å². The lowest BCUT2D eigenvalue weighted by molar-refractivity contribution is 0.210. The minimum atomic E-state index is -1.04. The molecule has 0 saturated heterocycles. The molecule has 2 aromatic carbocycles. The molecular weight excluding hydrogens is 405 g/mol. The van der Waals surface area contributed by atoms with Crippen molar-refractivity contribution >= 4 is 16.2 Å². The zero-order valence-electron chi connectivity index (χ0n) is 15.8. The predicted molar refractivity (Wildman–Crippen MR) is 110 cm³/mol. The summed E-state index contributed by atoms with van der Waals surface area (Å²) < 4.78 is 22.0. The van der Waals surface area contributed by atoms with E-state index in [1.54, 1.807) is 42.6 Å². The number of methoxy groups -OCH3 is 1. The van der Waals surface area contributed by atoms with E-state index in [1.165, 1.54) is 23.5 Å². The van der Waals surface area contributed by atoms with Crippen LogP contribution < -0.4 is 4.74 Å². The summed E-state index contributed by atoms with van der Waals surface area (Å²) in [4.78, 5) is 5.85. The van der Waals surface area contributed by atoms with Crippen LogP contribution in [0.2, 0.25) is 0 Å². The lowest BCUT2D eigenvalue weighted by atomic mass is 10.1. The Bertz CT molecular complexity index is 1310. The Balaban J connectivity index is 1.55. The molecule has 7 nitrogen and oxygen atoms in total. The van der Waals surface area contributed by atoms with Gasteiger partial charge in [0.1, 0.15) is 34.5 Å². The molecule has 0 radical (unpaired) electrons. The summed E-state index contributed by atoms with van der Waals surface area (Å²) in [6.07, 6.45) is 4.01. The van der Waals surface area contributed by atoms with Crippen LogP contribution in [-0.2, 0) is 0 Å². The first kappa shape index (κ1) is 18.5. The van der Waals surface area contributed by atoms with Crippen LogP contribution in [0.3, 0.4) is 0 Å². The first-order valence-electron chi connectivity index (χ1n) is 9.09. The lowest BCUT2D eigenvalue weighted by Gasteiger charge is -2.10. The van der Waals surface area contributed by atoms with E-state index in [2.05, 4.69) is 15.3 Å². The number of imidazole rings is 1. The molecule has 5 rings (SSSR count). The van der Waals surface area contributed by atoms with Crippen molar-refractivity contribution < 1.29 is 14.2 Å². The molecule has 0 aliphatic carbocycles. The van der Waals surface area contributed by atoms with Gasteiger partial charge in [0.25, 0.3) is 0 Å². The third kappa shape index (κ3) is 3.14. The van der Waals surface area contributed by atoms with Crippen molar-refractivity contribution in [2.24, 2.45) is 0 Å². The van der Waals surface area contributed by atoms with Crippen molar-refractivity contribution in [1.29, 1.82) is 0 Å². The number of halogens is 1. The first-order chi connectivity index (χ1) is 14.6. The normalized spacial score (nSPS) is 12.4. The van der Waals surface area contributed by atoms with Crippen LogP contribution in [0.15, 0.2) is 67.3 Å². The van der Waals surface area contributed by atoms with E-state index in [4.69, 9.17) is 4.74 Å². The van der Waals surface area contributed by atoms with Gasteiger partial charge in [0.2, 0.25) is 0 Å². The number of nitrogens with zero attached hydrogens (tertiary/aromatic N) is 5. The lowest BCUT2D eigenvalue weighted by Crippen LogP contribution is -2.05. The van der Waals surface area contributed by atoms with Crippen molar-refractivity contribution in [2.75, 3.05) is 7.11 Å². The number of ether oxygens (including phenoxy) is 1. The van der Waals surface area contributed by atoms with Gasteiger partial charge in [-0.2, -0.15) is 0 Å². The molecule has 0 amide bonds. The summed E-state index contributed by atoms with van der Waals surface area (Å²) in [6.45, 7) is 0. The van der Waals surface area contributed by atoms with Gasteiger partial charge in [-0.3, -0.25) is 4.40 Å². The number of hydrogen-bond acceptors (Lipinski definition) is 6. The highest BCUT2D eigenvalue weighted by molar-refractivity contribution is 7.20. The Labute approximate surface area is 174 Å². The van der Waals surface area contributed by atoms with Gasteiger partial charge in [-0.05, 0) is 42.0 Å². The third-order valence-corrected chi connectivity index (χ3v) is 5.96. The molecule has 3 heterocycles. The highest BCUT2D eigenvalue weighted by atomic mass is 32.1. The Morgan fingerprint density at radius 3 is 2.60 bits per heavy atom. The molecule has 0 bridgehead atoms. The quantitative estimate of drug-likeness (QED) is 0.466. The van der Waals surface area contributed by atoms with Crippen molar-refractivity contribution in [2.45, 2.75) is 6.10 Å². The van der Waals surface area contributed by atoms with Crippen LogP contribution in [0.4, 0.5) is 4.39 Å². The van der Waals surface area contributed by atoms with Gasteiger partial charge in [-0.1, -0.05) is 17.3 Å². The fourth-order valence-electron chi connectivity index (χ4n) is 3.27. The van der Waals surface area contributed by atoms with Gasteiger partial charge >= 0.3 is 0 Å². The van der Waals surface area contributed by atoms with Crippen molar-refractivity contribution in [3.8, 4) is 21.9 Å². The maximum absolute atomic E-state index is 13.4. The van der Waals surface area contributed by atoms with Crippen molar-refractivity contribution in [3.05, 3.63) is 84.5 Å². The smallest absolute Gasteiger partial charge is 0.141 e. The van der Waals surface area contributed by atoms with Crippen LogP contribution in [0.1, 0.15) is 17.5 Å². The molecule has 150 valence electrons. The molecule has 5 aromatic rings. The van der Waals surface area contributed by atoms with Gasteiger partial charge in [0.15, 0.2) is 0 Å². The highest BCUT2D eigenvalue weighted by Crippen LogP contribution is 2.38. The van der Waals surface area contributed by atoms with Crippen LogP contribution >= 0.6 is 11.3 Å². The molecule has 3 aromatic heterocycles. The fourth-order valence-corrected chi connectivity index (χ4v) is 4.41. The van der Waals surface area contributed by atoms with E-state index in [0.717, 1.165) is 26.7 Å². The zero-order valence-corrected chi connectivity index (χ0v) is 16.6. The highest BCUT2D eigenvalue weighted by Gasteiger charge is 2.25. The predicted octanol–water partition coefficient (Wildman–Crippen LogP) is 3.87. The largest absolute Gasteiger partial charge is 0.497 e. The number of aliphatic hydroxyl groups is 1. The second-order valence-corrected chi connectivity index (χ2v) is 7.64.